The summed E-state index contributed by atoms with van der Waals surface area (Å²) in [6.45, 7) is 0.398. The lowest BCUT2D eigenvalue weighted by Crippen LogP contribution is -2.07. The van der Waals surface area contributed by atoms with Gasteiger partial charge < -0.3 is 15.4 Å². The summed E-state index contributed by atoms with van der Waals surface area (Å²) in [6.07, 6.45) is 3.81. The Labute approximate surface area is 96.2 Å². The average Bonchev–Trinajstić information content (AvgIpc) is 2.85. The highest BCUT2D eigenvalue weighted by Crippen LogP contribution is 2.24. The normalized spacial score (nSPS) is 10.2. The van der Waals surface area contributed by atoms with Crippen LogP contribution in [0.15, 0.2) is 23.8 Å². The molecule has 6 heteroatoms. The van der Waals surface area contributed by atoms with E-state index in [2.05, 4.69) is 15.3 Å². The summed E-state index contributed by atoms with van der Waals surface area (Å²) in [6, 6.07) is 1.94. The summed E-state index contributed by atoms with van der Waals surface area (Å²) in [5.41, 5.74) is 1.92. The molecule has 0 aromatic carbocycles. The van der Waals surface area contributed by atoms with Gasteiger partial charge in [-0.05, 0) is 6.07 Å². The lowest BCUT2D eigenvalue weighted by atomic mass is 10.3. The molecule has 0 fully saturated rings. The largest absolute Gasteiger partial charge is 0.481 e. The van der Waals surface area contributed by atoms with Crippen LogP contribution in [0.1, 0.15) is 6.42 Å². The number of aromatic amines is 1. The Morgan fingerprint density at radius 3 is 3.19 bits per heavy atom. The fraction of sp³-hybridized carbons (Fsp3) is 0.200. The highest BCUT2D eigenvalue weighted by molar-refractivity contribution is 7.14. The lowest BCUT2D eigenvalue weighted by Gasteiger charge is -1.97. The van der Waals surface area contributed by atoms with E-state index < -0.39 is 5.97 Å². The van der Waals surface area contributed by atoms with Crippen LogP contribution in [0.3, 0.4) is 0 Å². The third-order valence-electron chi connectivity index (χ3n) is 2.01. The zero-order chi connectivity index (χ0) is 11.4. The van der Waals surface area contributed by atoms with Crippen LogP contribution in [-0.4, -0.2) is 27.6 Å². The number of carboxylic acid groups (broad SMARTS) is 1. The van der Waals surface area contributed by atoms with Crippen LogP contribution < -0.4 is 5.32 Å². The summed E-state index contributed by atoms with van der Waals surface area (Å²) in [7, 11) is 0. The first-order chi connectivity index (χ1) is 7.75. The predicted molar refractivity (Wildman–Crippen MR) is 62.6 cm³/mol. The summed E-state index contributed by atoms with van der Waals surface area (Å²) in [5, 5.41) is 14.1. The van der Waals surface area contributed by atoms with Crippen molar-refractivity contribution in [2.75, 3.05) is 11.9 Å². The van der Waals surface area contributed by atoms with Crippen LogP contribution >= 0.6 is 11.3 Å². The van der Waals surface area contributed by atoms with E-state index >= 15 is 0 Å². The number of aromatic nitrogens is 2. The quantitative estimate of drug-likeness (QED) is 0.743. The maximum Gasteiger partial charge on any atom is 0.305 e. The number of aliphatic carboxylic acids is 1. The second-order valence-electron chi connectivity index (χ2n) is 3.21. The van der Waals surface area contributed by atoms with E-state index in [1.165, 1.54) is 11.3 Å². The molecule has 0 atom stereocenters. The molecule has 2 rings (SSSR count). The second-order valence-corrected chi connectivity index (χ2v) is 4.07. The van der Waals surface area contributed by atoms with Crippen molar-refractivity contribution in [3.63, 3.8) is 0 Å². The molecule has 16 heavy (non-hydrogen) atoms. The van der Waals surface area contributed by atoms with Gasteiger partial charge in [-0.3, -0.25) is 4.79 Å². The van der Waals surface area contributed by atoms with Gasteiger partial charge in [0.2, 0.25) is 0 Å². The molecule has 0 spiro atoms. The van der Waals surface area contributed by atoms with Gasteiger partial charge in [0.25, 0.3) is 0 Å². The van der Waals surface area contributed by atoms with Crippen molar-refractivity contribution in [3.05, 3.63) is 23.8 Å². The summed E-state index contributed by atoms with van der Waals surface area (Å²) in [4.78, 5) is 17.6. The topological polar surface area (TPSA) is 78.0 Å². The molecule has 2 heterocycles. The molecule has 5 nitrogen and oxygen atoms in total. The van der Waals surface area contributed by atoms with Crippen molar-refractivity contribution >= 4 is 22.4 Å². The monoisotopic (exact) mass is 237 g/mol. The SMILES string of the molecule is O=C(O)CCNc1nc(-c2cc[nH]c2)cs1. The third kappa shape index (κ3) is 2.60. The van der Waals surface area contributed by atoms with E-state index in [0.717, 1.165) is 16.4 Å². The van der Waals surface area contributed by atoms with Crippen molar-refractivity contribution in [3.8, 4) is 11.3 Å². The van der Waals surface area contributed by atoms with Crippen LogP contribution in [0.4, 0.5) is 5.13 Å². The standard InChI is InChI=1S/C10H11N3O2S/c14-9(15)2-4-12-10-13-8(6-16-10)7-1-3-11-5-7/h1,3,5-6,11H,2,4H2,(H,12,13)(H,14,15). The molecule has 0 aliphatic rings. The Kier molecular flexibility index (Phi) is 3.21. The molecule has 0 amide bonds. The van der Waals surface area contributed by atoms with Crippen LogP contribution in [-0.2, 0) is 4.79 Å². The van der Waals surface area contributed by atoms with Crippen molar-refractivity contribution in [2.45, 2.75) is 6.42 Å². The number of thiazole rings is 1. The van der Waals surface area contributed by atoms with E-state index in [0.29, 0.717) is 6.54 Å². The molecular formula is C10H11N3O2S. The molecule has 0 saturated heterocycles. The summed E-state index contributed by atoms with van der Waals surface area (Å²) >= 11 is 1.47. The average molecular weight is 237 g/mol. The molecule has 0 bridgehead atoms. The van der Waals surface area contributed by atoms with E-state index in [1.54, 1.807) is 0 Å². The van der Waals surface area contributed by atoms with Crippen molar-refractivity contribution in [1.82, 2.24) is 9.97 Å². The Hall–Kier alpha value is -1.82. The number of hydrogen-bond acceptors (Lipinski definition) is 4. The maximum absolute atomic E-state index is 10.3. The van der Waals surface area contributed by atoms with Crippen molar-refractivity contribution < 1.29 is 9.90 Å². The summed E-state index contributed by atoms with van der Waals surface area (Å²) in [5.74, 6) is -0.810. The van der Waals surface area contributed by atoms with E-state index in [4.69, 9.17) is 5.11 Å². The van der Waals surface area contributed by atoms with Gasteiger partial charge in [0.15, 0.2) is 5.13 Å². The third-order valence-corrected chi connectivity index (χ3v) is 2.81. The highest BCUT2D eigenvalue weighted by atomic mass is 32.1. The van der Waals surface area contributed by atoms with Gasteiger partial charge in [-0.1, -0.05) is 0 Å². The van der Waals surface area contributed by atoms with E-state index in [1.807, 2.05) is 23.8 Å². The van der Waals surface area contributed by atoms with Crippen LogP contribution in [0, 0.1) is 0 Å². The zero-order valence-electron chi connectivity index (χ0n) is 8.43. The number of anilines is 1. The fourth-order valence-corrected chi connectivity index (χ4v) is 2.00. The number of hydrogen-bond donors (Lipinski definition) is 3. The van der Waals surface area contributed by atoms with Crippen molar-refractivity contribution in [1.29, 1.82) is 0 Å². The molecule has 2 aromatic heterocycles. The van der Waals surface area contributed by atoms with Crippen LogP contribution in [0.2, 0.25) is 0 Å². The van der Waals surface area contributed by atoms with E-state index in [9.17, 15) is 4.79 Å². The van der Waals surface area contributed by atoms with E-state index in [-0.39, 0.29) is 6.42 Å². The predicted octanol–water partition coefficient (Wildman–Crippen LogP) is 2.02. The molecular weight excluding hydrogens is 226 g/mol. The number of nitrogens with one attached hydrogen (secondary N) is 2. The molecule has 84 valence electrons. The molecule has 0 saturated carbocycles. The Morgan fingerprint density at radius 1 is 1.62 bits per heavy atom. The zero-order valence-corrected chi connectivity index (χ0v) is 9.25. The maximum atomic E-state index is 10.3. The number of rotatable bonds is 5. The molecule has 0 aliphatic heterocycles. The number of H-pyrrole nitrogens is 1. The van der Waals surface area contributed by atoms with Crippen LogP contribution in [0.5, 0.6) is 0 Å². The Bertz CT molecular complexity index is 464. The lowest BCUT2D eigenvalue weighted by molar-refractivity contribution is -0.136. The highest BCUT2D eigenvalue weighted by Gasteiger charge is 2.04. The summed E-state index contributed by atoms with van der Waals surface area (Å²) < 4.78 is 0. The molecule has 3 N–H and O–H groups in total. The smallest absolute Gasteiger partial charge is 0.305 e. The fourth-order valence-electron chi connectivity index (χ4n) is 1.25. The Morgan fingerprint density at radius 2 is 2.50 bits per heavy atom. The molecule has 2 aromatic rings. The first-order valence-corrected chi connectivity index (χ1v) is 5.68. The Balaban J connectivity index is 1.95. The minimum absolute atomic E-state index is 0.0963. The van der Waals surface area contributed by atoms with Gasteiger partial charge in [-0.15, -0.1) is 11.3 Å². The van der Waals surface area contributed by atoms with Gasteiger partial charge in [0.1, 0.15) is 0 Å². The first-order valence-electron chi connectivity index (χ1n) is 4.80. The second kappa shape index (κ2) is 4.80. The molecule has 0 aliphatic carbocycles. The minimum Gasteiger partial charge on any atom is -0.481 e. The molecule has 0 unspecified atom stereocenters. The number of nitrogens with zero attached hydrogens (tertiary/aromatic N) is 1. The van der Waals surface area contributed by atoms with Gasteiger partial charge in [0.05, 0.1) is 12.1 Å². The minimum atomic E-state index is -0.810. The number of carbonyl (C=O) groups is 1. The first kappa shape index (κ1) is 10.7. The van der Waals surface area contributed by atoms with Gasteiger partial charge in [-0.2, -0.15) is 0 Å². The van der Waals surface area contributed by atoms with Gasteiger partial charge in [0, 0.05) is 29.9 Å². The van der Waals surface area contributed by atoms with Gasteiger partial charge in [-0.25, -0.2) is 4.98 Å². The molecule has 0 radical (unpaired) electrons. The van der Waals surface area contributed by atoms with Crippen LogP contribution in [0.25, 0.3) is 11.3 Å². The number of carboxylic acids is 1. The van der Waals surface area contributed by atoms with Gasteiger partial charge >= 0.3 is 5.97 Å². The van der Waals surface area contributed by atoms with Crippen molar-refractivity contribution in [2.24, 2.45) is 0 Å².